The first-order valence-corrected chi connectivity index (χ1v) is 11.6. The van der Waals surface area contributed by atoms with E-state index in [4.69, 9.17) is 0 Å². The van der Waals surface area contributed by atoms with Gasteiger partial charge in [0.15, 0.2) is 5.65 Å². The zero-order valence-corrected chi connectivity index (χ0v) is 18.1. The summed E-state index contributed by atoms with van der Waals surface area (Å²) in [6.45, 7) is 1.38. The Morgan fingerprint density at radius 3 is 2.59 bits per heavy atom. The molecule has 0 saturated heterocycles. The molecule has 32 heavy (non-hydrogen) atoms. The number of carbonyl (C=O) groups excluding carboxylic acids is 1. The highest BCUT2D eigenvalue weighted by Crippen LogP contribution is 2.40. The lowest BCUT2D eigenvalue weighted by Crippen LogP contribution is -2.40. The maximum atomic E-state index is 14.9. The zero-order chi connectivity index (χ0) is 22.0. The highest BCUT2D eigenvalue weighted by atomic mass is 19.1. The van der Waals surface area contributed by atoms with Gasteiger partial charge in [0.2, 0.25) is 0 Å². The fourth-order valence-corrected chi connectivity index (χ4v) is 5.10. The Balaban J connectivity index is 1.40. The van der Waals surface area contributed by atoms with E-state index >= 15 is 0 Å². The second-order valence-electron chi connectivity index (χ2n) is 9.55. The van der Waals surface area contributed by atoms with Crippen molar-refractivity contribution >= 4 is 24.1 Å². The molecule has 2 aromatic heterocycles. The number of benzene rings is 1. The van der Waals surface area contributed by atoms with E-state index in [2.05, 4.69) is 10.1 Å². The lowest BCUT2D eigenvalue weighted by Gasteiger charge is -2.37. The number of nitrogens with zero attached hydrogens (tertiary/aromatic N) is 4. The molecule has 1 aromatic carbocycles. The molecule has 1 unspecified atom stereocenters. The van der Waals surface area contributed by atoms with Gasteiger partial charge in [-0.15, -0.1) is 0 Å². The molecule has 6 nitrogen and oxygen atoms in total. The molecule has 2 aliphatic carbocycles. The maximum Gasteiger partial charge on any atom is 0.349 e. The molecule has 3 aliphatic rings. The zero-order valence-electron chi connectivity index (χ0n) is 18.1. The van der Waals surface area contributed by atoms with E-state index < -0.39 is 13.1 Å². The van der Waals surface area contributed by atoms with Crippen molar-refractivity contribution in [1.82, 2.24) is 19.5 Å². The Morgan fingerprint density at radius 2 is 1.91 bits per heavy atom. The van der Waals surface area contributed by atoms with Crippen LogP contribution in [0.4, 0.5) is 4.39 Å². The Labute approximate surface area is 186 Å². The molecule has 1 aliphatic heterocycles. The summed E-state index contributed by atoms with van der Waals surface area (Å²) in [7, 11) is 0. The van der Waals surface area contributed by atoms with Crippen LogP contribution in [0.5, 0.6) is 0 Å². The normalized spacial score (nSPS) is 23.2. The Morgan fingerprint density at radius 1 is 1.16 bits per heavy atom. The third-order valence-electron chi connectivity index (χ3n) is 7.46. The third kappa shape index (κ3) is 3.15. The molecule has 0 bridgehead atoms. The van der Waals surface area contributed by atoms with Gasteiger partial charge in [-0.05, 0) is 48.8 Å². The van der Waals surface area contributed by atoms with Crippen molar-refractivity contribution in [2.45, 2.75) is 63.0 Å². The molecule has 0 spiro atoms. The van der Waals surface area contributed by atoms with Gasteiger partial charge in [-0.3, -0.25) is 4.79 Å². The van der Waals surface area contributed by atoms with Crippen LogP contribution in [0.25, 0.3) is 5.65 Å². The Kier molecular flexibility index (Phi) is 4.61. The van der Waals surface area contributed by atoms with Gasteiger partial charge < -0.3 is 9.92 Å². The number of carbonyl (C=O) groups is 1. The topological polar surface area (TPSA) is 70.7 Å². The number of aromatic nitrogens is 3. The molecule has 2 fully saturated rings. The smallest absolute Gasteiger partial charge is 0.349 e. The van der Waals surface area contributed by atoms with Gasteiger partial charge >= 0.3 is 6.92 Å². The molecule has 1 N–H and O–H groups in total. The van der Waals surface area contributed by atoms with Crippen LogP contribution in [0.15, 0.2) is 36.4 Å². The summed E-state index contributed by atoms with van der Waals surface area (Å²) in [5.74, 6) is 0.332. The van der Waals surface area contributed by atoms with E-state index in [9.17, 15) is 14.2 Å². The summed E-state index contributed by atoms with van der Waals surface area (Å²) in [5.41, 5.74) is 3.99. The average molecular weight is 432 g/mol. The molecule has 164 valence electrons. The van der Waals surface area contributed by atoms with E-state index in [1.807, 2.05) is 31.2 Å². The first-order chi connectivity index (χ1) is 15.5. The number of hydrogen-bond acceptors (Lipinski definition) is 4. The van der Waals surface area contributed by atoms with Gasteiger partial charge in [-0.2, -0.15) is 5.10 Å². The molecule has 0 radical (unpaired) electrons. The van der Waals surface area contributed by atoms with Crippen LogP contribution >= 0.6 is 0 Å². The second-order valence-corrected chi connectivity index (χ2v) is 9.55. The van der Waals surface area contributed by atoms with Crippen molar-refractivity contribution in [3.63, 3.8) is 0 Å². The van der Waals surface area contributed by atoms with E-state index in [1.54, 1.807) is 21.5 Å². The molecular weight excluding hydrogens is 406 g/mol. The monoisotopic (exact) mass is 432 g/mol. The van der Waals surface area contributed by atoms with Gasteiger partial charge in [-0.25, -0.2) is 13.9 Å². The van der Waals surface area contributed by atoms with Crippen LogP contribution in [-0.4, -0.2) is 43.9 Å². The molecule has 2 atom stereocenters. The summed E-state index contributed by atoms with van der Waals surface area (Å²) in [4.78, 5) is 19.8. The minimum Gasteiger partial charge on any atom is -0.445 e. The van der Waals surface area contributed by atoms with Crippen LogP contribution in [-0.2, 0) is 0 Å². The SMILES string of the molecule is C[C@@H]1c2ccccc2C(F)CN1C(=O)c1cc(C2CCC2)n2nc(B(O)C3CC3)cc2n1. The van der Waals surface area contributed by atoms with Crippen LogP contribution in [0.1, 0.15) is 84.5 Å². The molecule has 8 heteroatoms. The Hall–Kier alpha value is -2.74. The first-order valence-electron chi connectivity index (χ1n) is 11.6. The maximum absolute atomic E-state index is 14.9. The summed E-state index contributed by atoms with van der Waals surface area (Å²) < 4.78 is 16.7. The number of hydrogen-bond donors (Lipinski definition) is 1. The van der Waals surface area contributed by atoms with E-state index in [1.165, 1.54) is 0 Å². The second kappa shape index (κ2) is 7.41. The summed E-state index contributed by atoms with van der Waals surface area (Å²) >= 11 is 0. The quantitative estimate of drug-likeness (QED) is 0.640. The largest absolute Gasteiger partial charge is 0.445 e. The van der Waals surface area contributed by atoms with E-state index in [-0.39, 0.29) is 24.3 Å². The van der Waals surface area contributed by atoms with Gasteiger partial charge in [0.1, 0.15) is 11.9 Å². The highest BCUT2D eigenvalue weighted by molar-refractivity contribution is 6.67. The number of alkyl halides is 1. The highest BCUT2D eigenvalue weighted by Gasteiger charge is 2.38. The lowest BCUT2D eigenvalue weighted by atomic mass is 9.60. The predicted molar refractivity (Wildman–Crippen MR) is 120 cm³/mol. The number of fused-ring (bicyclic) bond motifs is 2. The minimum absolute atomic E-state index is 0.0214. The van der Waals surface area contributed by atoms with Crippen LogP contribution in [0.2, 0.25) is 5.82 Å². The van der Waals surface area contributed by atoms with Crippen LogP contribution in [0, 0.1) is 0 Å². The predicted octanol–water partition coefficient (Wildman–Crippen LogP) is 3.58. The van der Waals surface area contributed by atoms with Crippen molar-refractivity contribution in [1.29, 1.82) is 0 Å². The van der Waals surface area contributed by atoms with Gasteiger partial charge in [0.05, 0.1) is 18.2 Å². The van der Waals surface area contributed by atoms with Crippen LogP contribution < -0.4 is 5.59 Å². The minimum atomic E-state index is -1.21. The van der Waals surface area contributed by atoms with Crippen molar-refractivity contribution in [2.24, 2.45) is 0 Å². The van der Waals surface area contributed by atoms with E-state index in [0.29, 0.717) is 28.4 Å². The molecule has 2 saturated carbocycles. The third-order valence-corrected chi connectivity index (χ3v) is 7.46. The van der Waals surface area contributed by atoms with Gasteiger partial charge in [-0.1, -0.05) is 43.5 Å². The molecule has 3 heterocycles. The summed E-state index contributed by atoms with van der Waals surface area (Å²) in [5, 5.41) is 15.2. The van der Waals surface area contributed by atoms with Gasteiger partial charge in [0, 0.05) is 11.6 Å². The fourth-order valence-electron chi connectivity index (χ4n) is 5.10. The van der Waals surface area contributed by atoms with E-state index in [0.717, 1.165) is 43.4 Å². The number of rotatable bonds is 4. The average Bonchev–Trinajstić information content (AvgIpc) is 3.52. The number of amides is 1. The van der Waals surface area contributed by atoms with Crippen molar-refractivity contribution in [3.05, 3.63) is 58.9 Å². The first kappa shape index (κ1) is 19.9. The van der Waals surface area contributed by atoms with Crippen molar-refractivity contribution < 1.29 is 14.2 Å². The van der Waals surface area contributed by atoms with Crippen molar-refractivity contribution in [3.8, 4) is 0 Å². The molecule has 1 amide bonds. The summed E-state index contributed by atoms with van der Waals surface area (Å²) in [6, 6.07) is 10.8. The molecule has 6 rings (SSSR count). The molecule has 3 aromatic rings. The number of halogens is 1. The van der Waals surface area contributed by atoms with Crippen molar-refractivity contribution in [2.75, 3.05) is 6.54 Å². The fraction of sp³-hybridized carbons (Fsp3) is 0.458. The lowest BCUT2D eigenvalue weighted by molar-refractivity contribution is 0.0584. The van der Waals surface area contributed by atoms with Gasteiger partial charge in [0.25, 0.3) is 5.91 Å². The Bertz CT molecular complexity index is 1210. The molecular formula is C24H26BFN4O2. The van der Waals surface area contributed by atoms with Crippen LogP contribution in [0.3, 0.4) is 0 Å². The standard InChI is InChI=1S/C24H26BFN4O2/c1-14-17-7-2-3-8-18(17)19(26)13-29(14)24(31)20-11-21(15-5-4-6-15)30-23(27-20)12-22(28-30)25(32)16-9-10-16/h2-3,7-8,11-12,14-16,19,32H,4-6,9-10,13H2,1H3/t14-,19?/m1/s1. The summed E-state index contributed by atoms with van der Waals surface area (Å²) in [6.07, 6.45) is 4.07.